The Hall–Kier alpha value is -1.35. The highest BCUT2D eigenvalue weighted by Crippen LogP contribution is 2.43. The monoisotopic (exact) mass is 260 g/mol. The second-order valence-electron chi connectivity index (χ2n) is 5.59. The molecule has 0 atom stereocenters. The first-order valence-corrected chi connectivity index (χ1v) is 7.21. The van der Waals surface area contributed by atoms with E-state index in [0.717, 1.165) is 18.7 Å². The molecule has 19 heavy (non-hydrogen) atoms. The van der Waals surface area contributed by atoms with E-state index in [1.165, 1.54) is 31.2 Å². The van der Waals surface area contributed by atoms with Crippen LogP contribution in [0.5, 0.6) is 0 Å². The lowest BCUT2D eigenvalue weighted by Crippen LogP contribution is -2.39. The molecule has 2 rings (SSSR count). The van der Waals surface area contributed by atoms with Gasteiger partial charge in [-0.25, -0.2) is 0 Å². The van der Waals surface area contributed by atoms with Gasteiger partial charge < -0.3 is 10.6 Å². The van der Waals surface area contributed by atoms with Crippen molar-refractivity contribution in [2.24, 2.45) is 5.41 Å². The van der Waals surface area contributed by atoms with Gasteiger partial charge in [0.25, 0.3) is 5.91 Å². The number of nitrogens with one attached hydrogen (secondary N) is 2. The van der Waals surface area contributed by atoms with Gasteiger partial charge in [-0.05, 0) is 42.4 Å². The van der Waals surface area contributed by atoms with Crippen LogP contribution in [0, 0.1) is 5.41 Å². The molecule has 0 aromatic heterocycles. The fourth-order valence-corrected chi connectivity index (χ4v) is 2.72. The lowest BCUT2D eigenvalue weighted by atomic mass is 9.67. The van der Waals surface area contributed by atoms with Gasteiger partial charge in [0, 0.05) is 25.7 Å². The number of carbonyl (C=O) groups excluding carboxylic acids is 1. The normalized spacial score (nSPS) is 16.7. The maximum Gasteiger partial charge on any atom is 0.251 e. The third-order valence-electron chi connectivity index (χ3n) is 4.44. The molecule has 0 heterocycles. The highest BCUT2D eigenvalue weighted by atomic mass is 16.1. The average Bonchev–Trinajstić information content (AvgIpc) is 2.41. The van der Waals surface area contributed by atoms with Gasteiger partial charge in [-0.2, -0.15) is 0 Å². The van der Waals surface area contributed by atoms with Crippen molar-refractivity contribution >= 4 is 5.91 Å². The van der Waals surface area contributed by atoms with Crippen LogP contribution in [0.1, 0.15) is 48.5 Å². The quantitative estimate of drug-likeness (QED) is 0.825. The molecule has 0 aliphatic heterocycles. The maximum atomic E-state index is 11.4. The van der Waals surface area contributed by atoms with Crippen molar-refractivity contribution in [3.05, 3.63) is 35.4 Å². The van der Waals surface area contributed by atoms with E-state index in [4.69, 9.17) is 0 Å². The first-order valence-electron chi connectivity index (χ1n) is 7.21. The number of carbonyl (C=O) groups is 1. The molecule has 1 aliphatic rings. The maximum absolute atomic E-state index is 11.4. The summed E-state index contributed by atoms with van der Waals surface area (Å²) >= 11 is 0. The summed E-state index contributed by atoms with van der Waals surface area (Å²) in [4.78, 5) is 11.4. The molecule has 1 aromatic rings. The summed E-state index contributed by atoms with van der Waals surface area (Å²) in [7, 11) is 1.65. The Morgan fingerprint density at radius 3 is 2.42 bits per heavy atom. The van der Waals surface area contributed by atoms with Gasteiger partial charge in [-0.3, -0.25) is 4.79 Å². The van der Waals surface area contributed by atoms with E-state index in [0.29, 0.717) is 5.41 Å². The number of benzene rings is 1. The van der Waals surface area contributed by atoms with Crippen molar-refractivity contribution in [2.45, 2.75) is 39.2 Å². The van der Waals surface area contributed by atoms with Crippen LogP contribution in [-0.4, -0.2) is 19.5 Å². The molecule has 0 bridgehead atoms. The molecule has 1 fully saturated rings. The zero-order valence-corrected chi connectivity index (χ0v) is 12.0. The Bertz CT molecular complexity index is 415. The summed E-state index contributed by atoms with van der Waals surface area (Å²) in [6, 6.07) is 7.82. The SMILES string of the molecule is CCC1(CNCc2ccc(C(=O)NC)cc2)CCC1. The molecular weight excluding hydrogens is 236 g/mol. The molecule has 3 heteroatoms. The van der Waals surface area contributed by atoms with Gasteiger partial charge in [-0.15, -0.1) is 0 Å². The Kier molecular flexibility index (Phi) is 4.59. The van der Waals surface area contributed by atoms with Crippen LogP contribution < -0.4 is 10.6 Å². The third-order valence-corrected chi connectivity index (χ3v) is 4.44. The molecule has 0 unspecified atom stereocenters. The lowest BCUT2D eigenvalue weighted by molar-refractivity contribution is 0.0963. The molecule has 1 amide bonds. The van der Waals surface area contributed by atoms with E-state index in [-0.39, 0.29) is 5.91 Å². The predicted octanol–water partition coefficient (Wildman–Crippen LogP) is 2.72. The highest BCUT2D eigenvalue weighted by Gasteiger charge is 2.34. The molecule has 1 saturated carbocycles. The van der Waals surface area contributed by atoms with Gasteiger partial charge in [0.2, 0.25) is 0 Å². The van der Waals surface area contributed by atoms with Crippen molar-refractivity contribution in [1.82, 2.24) is 10.6 Å². The van der Waals surface area contributed by atoms with Crippen LogP contribution in [0.2, 0.25) is 0 Å². The van der Waals surface area contributed by atoms with Crippen molar-refractivity contribution in [1.29, 1.82) is 0 Å². The Labute approximate surface area is 115 Å². The smallest absolute Gasteiger partial charge is 0.251 e. The van der Waals surface area contributed by atoms with Crippen molar-refractivity contribution in [2.75, 3.05) is 13.6 Å². The van der Waals surface area contributed by atoms with Crippen molar-refractivity contribution in [3.63, 3.8) is 0 Å². The standard InChI is InChI=1S/C16H24N2O/c1-3-16(9-4-10-16)12-18-11-13-5-7-14(8-6-13)15(19)17-2/h5-8,18H,3-4,9-12H2,1-2H3,(H,17,19). The fraction of sp³-hybridized carbons (Fsp3) is 0.562. The number of rotatable bonds is 6. The number of hydrogen-bond acceptors (Lipinski definition) is 2. The second kappa shape index (κ2) is 6.20. The van der Waals surface area contributed by atoms with Crippen molar-refractivity contribution < 1.29 is 4.79 Å². The summed E-state index contributed by atoms with van der Waals surface area (Å²) in [6.45, 7) is 4.29. The molecular formula is C16H24N2O. The molecule has 2 N–H and O–H groups in total. The summed E-state index contributed by atoms with van der Waals surface area (Å²) < 4.78 is 0. The Morgan fingerprint density at radius 2 is 1.95 bits per heavy atom. The van der Waals surface area contributed by atoms with Crippen LogP contribution in [-0.2, 0) is 6.54 Å². The molecule has 1 aromatic carbocycles. The van der Waals surface area contributed by atoms with Gasteiger partial charge in [0.05, 0.1) is 0 Å². The Morgan fingerprint density at radius 1 is 1.26 bits per heavy atom. The summed E-state index contributed by atoms with van der Waals surface area (Å²) in [5, 5.41) is 6.19. The molecule has 0 spiro atoms. The Balaban J connectivity index is 1.81. The van der Waals surface area contributed by atoms with E-state index >= 15 is 0 Å². The van der Waals surface area contributed by atoms with Gasteiger partial charge in [0.1, 0.15) is 0 Å². The van der Waals surface area contributed by atoms with Crippen LogP contribution in [0.15, 0.2) is 24.3 Å². The van der Waals surface area contributed by atoms with Crippen LogP contribution in [0.4, 0.5) is 0 Å². The number of hydrogen-bond donors (Lipinski definition) is 2. The van der Waals surface area contributed by atoms with Gasteiger partial charge in [-0.1, -0.05) is 25.5 Å². The molecule has 0 saturated heterocycles. The zero-order chi connectivity index (χ0) is 13.7. The van der Waals surface area contributed by atoms with Crippen LogP contribution >= 0.6 is 0 Å². The van der Waals surface area contributed by atoms with E-state index in [9.17, 15) is 4.79 Å². The van der Waals surface area contributed by atoms with E-state index in [2.05, 4.69) is 17.6 Å². The van der Waals surface area contributed by atoms with Gasteiger partial charge in [0.15, 0.2) is 0 Å². The minimum absolute atomic E-state index is 0.0288. The van der Waals surface area contributed by atoms with Gasteiger partial charge >= 0.3 is 0 Å². The lowest BCUT2D eigenvalue weighted by Gasteiger charge is -2.41. The first-order chi connectivity index (χ1) is 9.19. The summed E-state index contributed by atoms with van der Waals surface area (Å²) in [5.41, 5.74) is 2.51. The topological polar surface area (TPSA) is 41.1 Å². The van der Waals surface area contributed by atoms with E-state index in [1.54, 1.807) is 7.05 Å². The fourth-order valence-electron chi connectivity index (χ4n) is 2.72. The molecule has 0 radical (unpaired) electrons. The van der Waals surface area contributed by atoms with Crippen LogP contribution in [0.3, 0.4) is 0 Å². The van der Waals surface area contributed by atoms with E-state index in [1.807, 2.05) is 24.3 Å². The summed E-state index contributed by atoms with van der Waals surface area (Å²) in [6.07, 6.45) is 5.39. The summed E-state index contributed by atoms with van der Waals surface area (Å²) in [5.74, 6) is -0.0288. The molecule has 3 nitrogen and oxygen atoms in total. The number of amides is 1. The highest BCUT2D eigenvalue weighted by molar-refractivity contribution is 5.93. The minimum atomic E-state index is -0.0288. The van der Waals surface area contributed by atoms with E-state index < -0.39 is 0 Å². The largest absolute Gasteiger partial charge is 0.355 e. The second-order valence-corrected chi connectivity index (χ2v) is 5.59. The molecule has 1 aliphatic carbocycles. The third kappa shape index (κ3) is 3.35. The zero-order valence-electron chi connectivity index (χ0n) is 12.0. The average molecular weight is 260 g/mol. The van der Waals surface area contributed by atoms with Crippen molar-refractivity contribution in [3.8, 4) is 0 Å². The first kappa shape index (κ1) is 14.1. The predicted molar refractivity (Wildman–Crippen MR) is 78.1 cm³/mol. The van der Waals surface area contributed by atoms with Crippen LogP contribution in [0.25, 0.3) is 0 Å². The minimum Gasteiger partial charge on any atom is -0.355 e. The molecule has 104 valence electrons.